The van der Waals surface area contributed by atoms with Crippen LogP contribution in [0.3, 0.4) is 0 Å². The lowest BCUT2D eigenvalue weighted by Gasteiger charge is -2.06. The molecular formula is C13H16N2O4. The van der Waals surface area contributed by atoms with Gasteiger partial charge in [-0.2, -0.15) is 0 Å². The normalized spacial score (nSPS) is 20.7. The number of methoxy groups -OCH3 is 2. The second-order valence-corrected chi connectivity index (χ2v) is 4.14. The van der Waals surface area contributed by atoms with Crippen molar-refractivity contribution >= 4 is 23.3 Å². The van der Waals surface area contributed by atoms with Crippen molar-refractivity contribution in [2.24, 2.45) is 0 Å². The second-order valence-electron chi connectivity index (χ2n) is 4.14. The Balaban J connectivity index is 2.21. The average Bonchev–Trinajstić information content (AvgIpc) is 3.21. The summed E-state index contributed by atoms with van der Waals surface area (Å²) >= 11 is 0. The molecule has 1 aliphatic rings. The SMILES string of the molecule is CNc1ccc(N2C(C(=O)OC)C2C(=O)OC)cc1. The Kier molecular flexibility index (Phi) is 3.59. The fourth-order valence-electron chi connectivity index (χ4n) is 2.08. The largest absolute Gasteiger partial charge is 0.467 e. The Morgan fingerprint density at radius 3 is 1.89 bits per heavy atom. The van der Waals surface area contributed by atoms with E-state index in [-0.39, 0.29) is 0 Å². The molecule has 0 aliphatic carbocycles. The first-order valence-electron chi connectivity index (χ1n) is 5.86. The van der Waals surface area contributed by atoms with Gasteiger partial charge in [0.2, 0.25) is 0 Å². The van der Waals surface area contributed by atoms with Gasteiger partial charge in [0.1, 0.15) is 0 Å². The first kappa shape index (κ1) is 13.2. The molecule has 1 heterocycles. The average molecular weight is 264 g/mol. The number of carbonyl (C=O) groups is 2. The molecule has 102 valence electrons. The predicted molar refractivity (Wildman–Crippen MR) is 70.1 cm³/mol. The topological polar surface area (TPSA) is 67.6 Å². The highest BCUT2D eigenvalue weighted by Gasteiger charge is 2.59. The van der Waals surface area contributed by atoms with Gasteiger partial charge in [-0.25, -0.2) is 9.59 Å². The van der Waals surface area contributed by atoms with Crippen LogP contribution in [-0.2, 0) is 19.1 Å². The molecule has 1 fully saturated rings. The molecule has 1 N–H and O–H groups in total. The Bertz CT molecular complexity index is 464. The molecular weight excluding hydrogens is 248 g/mol. The van der Waals surface area contributed by atoms with E-state index in [2.05, 4.69) is 5.32 Å². The summed E-state index contributed by atoms with van der Waals surface area (Å²) in [7, 11) is 4.43. The third kappa shape index (κ3) is 2.33. The summed E-state index contributed by atoms with van der Waals surface area (Å²) < 4.78 is 9.39. The van der Waals surface area contributed by atoms with Crippen molar-refractivity contribution < 1.29 is 19.1 Å². The van der Waals surface area contributed by atoms with Crippen molar-refractivity contribution in [3.05, 3.63) is 24.3 Å². The fourth-order valence-corrected chi connectivity index (χ4v) is 2.08. The third-order valence-electron chi connectivity index (χ3n) is 3.15. The minimum absolute atomic E-state index is 0.437. The highest BCUT2D eigenvalue weighted by atomic mass is 16.5. The number of rotatable bonds is 4. The molecule has 0 saturated carbocycles. The Labute approximate surface area is 111 Å². The van der Waals surface area contributed by atoms with Crippen LogP contribution in [0.15, 0.2) is 24.3 Å². The quantitative estimate of drug-likeness (QED) is 0.635. The number of esters is 2. The lowest BCUT2D eigenvalue weighted by Crippen LogP contribution is -2.18. The summed E-state index contributed by atoms with van der Waals surface area (Å²) in [5.74, 6) is -0.874. The van der Waals surface area contributed by atoms with E-state index in [1.54, 1.807) is 4.90 Å². The van der Waals surface area contributed by atoms with E-state index in [0.717, 1.165) is 11.4 Å². The van der Waals surface area contributed by atoms with Crippen LogP contribution in [0.25, 0.3) is 0 Å². The first-order chi connectivity index (χ1) is 9.13. The Morgan fingerprint density at radius 1 is 1.05 bits per heavy atom. The highest BCUT2D eigenvalue weighted by molar-refractivity contribution is 6.00. The van der Waals surface area contributed by atoms with E-state index in [9.17, 15) is 9.59 Å². The second kappa shape index (κ2) is 5.17. The predicted octanol–water partition coefficient (Wildman–Crippen LogP) is 0.631. The summed E-state index contributed by atoms with van der Waals surface area (Å²) in [4.78, 5) is 24.9. The number of hydrogen-bond donors (Lipinski definition) is 1. The summed E-state index contributed by atoms with van der Waals surface area (Å²) in [6, 6.07) is 6.22. The number of nitrogens with one attached hydrogen (secondary N) is 1. The van der Waals surface area contributed by atoms with Crippen LogP contribution in [0.1, 0.15) is 0 Å². The standard InChI is InChI=1S/C13H16N2O4/c1-14-8-4-6-9(7-5-8)15-10(12(16)18-2)11(15)13(17)19-3/h4-7,10-11,14H,1-3H3. The van der Waals surface area contributed by atoms with Crippen LogP contribution in [-0.4, -0.2) is 45.3 Å². The van der Waals surface area contributed by atoms with Gasteiger partial charge in [-0.05, 0) is 24.3 Å². The van der Waals surface area contributed by atoms with Gasteiger partial charge in [0.15, 0.2) is 12.1 Å². The molecule has 0 aromatic heterocycles. The summed E-state index contributed by atoms with van der Waals surface area (Å²) in [6.45, 7) is 0. The van der Waals surface area contributed by atoms with E-state index >= 15 is 0 Å². The van der Waals surface area contributed by atoms with E-state index < -0.39 is 24.0 Å². The van der Waals surface area contributed by atoms with Crippen molar-refractivity contribution in [2.75, 3.05) is 31.5 Å². The molecule has 0 spiro atoms. The lowest BCUT2D eigenvalue weighted by atomic mass is 10.3. The van der Waals surface area contributed by atoms with Crippen LogP contribution in [0.5, 0.6) is 0 Å². The molecule has 1 aromatic rings. The van der Waals surface area contributed by atoms with Crippen LogP contribution in [0.2, 0.25) is 0 Å². The first-order valence-corrected chi connectivity index (χ1v) is 5.86. The van der Waals surface area contributed by atoms with Gasteiger partial charge in [-0.3, -0.25) is 0 Å². The van der Waals surface area contributed by atoms with Gasteiger partial charge >= 0.3 is 11.9 Å². The van der Waals surface area contributed by atoms with Crippen LogP contribution in [0.4, 0.5) is 11.4 Å². The molecule has 2 rings (SSSR count). The zero-order chi connectivity index (χ0) is 14.0. The number of anilines is 2. The minimum atomic E-state index is -0.599. The summed E-state index contributed by atoms with van der Waals surface area (Å²) in [5, 5.41) is 3.00. The van der Waals surface area contributed by atoms with Crippen LogP contribution >= 0.6 is 0 Å². The van der Waals surface area contributed by atoms with Gasteiger partial charge in [0, 0.05) is 18.4 Å². The molecule has 1 aliphatic heterocycles. The van der Waals surface area contributed by atoms with Crippen molar-refractivity contribution in [3.8, 4) is 0 Å². The van der Waals surface area contributed by atoms with Gasteiger partial charge in [-0.1, -0.05) is 0 Å². The fraction of sp³-hybridized carbons (Fsp3) is 0.385. The van der Waals surface area contributed by atoms with E-state index in [1.807, 2.05) is 31.3 Å². The monoisotopic (exact) mass is 264 g/mol. The zero-order valence-corrected chi connectivity index (χ0v) is 11.0. The van der Waals surface area contributed by atoms with E-state index in [0.29, 0.717) is 0 Å². The third-order valence-corrected chi connectivity index (χ3v) is 3.15. The molecule has 1 saturated heterocycles. The lowest BCUT2D eigenvalue weighted by molar-refractivity contribution is -0.144. The van der Waals surface area contributed by atoms with Crippen molar-refractivity contribution in [2.45, 2.75) is 12.1 Å². The van der Waals surface area contributed by atoms with Crippen LogP contribution < -0.4 is 10.2 Å². The number of carbonyl (C=O) groups excluding carboxylic acids is 2. The molecule has 0 radical (unpaired) electrons. The zero-order valence-electron chi connectivity index (χ0n) is 11.0. The van der Waals surface area contributed by atoms with Crippen molar-refractivity contribution in [1.29, 1.82) is 0 Å². The number of ether oxygens (including phenoxy) is 2. The molecule has 0 amide bonds. The van der Waals surface area contributed by atoms with Gasteiger partial charge < -0.3 is 19.7 Å². The number of hydrogen-bond acceptors (Lipinski definition) is 6. The molecule has 2 atom stereocenters. The van der Waals surface area contributed by atoms with Crippen molar-refractivity contribution in [1.82, 2.24) is 0 Å². The maximum absolute atomic E-state index is 11.6. The number of nitrogens with zero attached hydrogens (tertiary/aromatic N) is 1. The molecule has 2 unspecified atom stereocenters. The molecule has 6 nitrogen and oxygen atoms in total. The maximum Gasteiger partial charge on any atom is 0.331 e. The Hall–Kier alpha value is -2.24. The Morgan fingerprint density at radius 2 is 1.53 bits per heavy atom. The number of benzene rings is 1. The summed E-state index contributed by atoms with van der Waals surface area (Å²) in [6.07, 6.45) is 0. The van der Waals surface area contributed by atoms with E-state index in [1.165, 1.54) is 14.2 Å². The molecule has 1 aromatic carbocycles. The van der Waals surface area contributed by atoms with Gasteiger partial charge in [0.25, 0.3) is 0 Å². The molecule has 19 heavy (non-hydrogen) atoms. The maximum atomic E-state index is 11.6. The van der Waals surface area contributed by atoms with Gasteiger partial charge in [-0.15, -0.1) is 0 Å². The summed E-state index contributed by atoms with van der Waals surface area (Å²) in [5.41, 5.74) is 1.74. The minimum Gasteiger partial charge on any atom is -0.467 e. The smallest absolute Gasteiger partial charge is 0.331 e. The molecule has 0 bridgehead atoms. The van der Waals surface area contributed by atoms with E-state index in [4.69, 9.17) is 9.47 Å². The van der Waals surface area contributed by atoms with Gasteiger partial charge in [0.05, 0.1) is 14.2 Å². The van der Waals surface area contributed by atoms with Crippen LogP contribution in [0, 0.1) is 0 Å². The van der Waals surface area contributed by atoms with Crippen molar-refractivity contribution in [3.63, 3.8) is 0 Å². The highest BCUT2D eigenvalue weighted by Crippen LogP contribution is 2.37. The molecule has 6 heteroatoms.